The van der Waals surface area contributed by atoms with Crippen molar-refractivity contribution < 1.29 is 13.9 Å². The molecule has 0 radical (unpaired) electrons. The molecule has 2 fully saturated rings. The lowest BCUT2D eigenvalue weighted by Crippen LogP contribution is -2.39. The van der Waals surface area contributed by atoms with Crippen LogP contribution in [0.25, 0.3) is 0 Å². The molecule has 1 N–H and O–H groups in total. The molecule has 0 bridgehead atoms. The van der Waals surface area contributed by atoms with E-state index in [9.17, 15) is 9.18 Å². The van der Waals surface area contributed by atoms with Crippen molar-refractivity contribution in [3.05, 3.63) is 35.6 Å². The van der Waals surface area contributed by atoms with E-state index in [1.54, 1.807) is 23.1 Å². The molecule has 102 valence electrons. The number of hydrogen-bond acceptors (Lipinski definition) is 3. The third kappa shape index (κ3) is 2.42. The molecule has 2 saturated heterocycles. The summed E-state index contributed by atoms with van der Waals surface area (Å²) < 4.78 is 18.8. The second-order valence-corrected chi connectivity index (χ2v) is 5.12. The minimum atomic E-state index is -0.333. The van der Waals surface area contributed by atoms with E-state index >= 15 is 0 Å². The molecule has 4 nitrogen and oxygen atoms in total. The fourth-order valence-electron chi connectivity index (χ4n) is 2.85. The summed E-state index contributed by atoms with van der Waals surface area (Å²) in [6, 6.07) is 6.63. The number of benzene rings is 1. The number of amides is 1. The van der Waals surface area contributed by atoms with Gasteiger partial charge in [-0.2, -0.15) is 0 Å². The van der Waals surface area contributed by atoms with Crippen molar-refractivity contribution in [3.8, 4) is 0 Å². The Morgan fingerprint density at radius 3 is 3.00 bits per heavy atom. The van der Waals surface area contributed by atoms with Gasteiger partial charge < -0.3 is 10.1 Å². The highest BCUT2D eigenvalue weighted by Gasteiger charge is 2.39. The van der Waals surface area contributed by atoms with E-state index in [1.165, 1.54) is 6.07 Å². The highest BCUT2D eigenvalue weighted by molar-refractivity contribution is 5.70. The first-order chi connectivity index (χ1) is 9.25. The minimum absolute atomic E-state index is 0.0575. The summed E-state index contributed by atoms with van der Waals surface area (Å²) >= 11 is 0. The number of carbonyl (C=O) groups is 1. The highest BCUT2D eigenvalue weighted by Crippen LogP contribution is 2.26. The van der Waals surface area contributed by atoms with E-state index in [0.29, 0.717) is 18.1 Å². The summed E-state index contributed by atoms with van der Waals surface area (Å²) in [5.74, 6) is 0.128. The molecule has 1 aromatic carbocycles. The van der Waals surface area contributed by atoms with Crippen LogP contribution in [0.3, 0.4) is 0 Å². The molecule has 0 aliphatic carbocycles. The highest BCUT2D eigenvalue weighted by atomic mass is 19.1. The zero-order chi connectivity index (χ0) is 13.2. The Bertz CT molecular complexity index is 474. The van der Waals surface area contributed by atoms with Crippen molar-refractivity contribution in [2.24, 2.45) is 5.92 Å². The average molecular weight is 264 g/mol. The predicted octanol–water partition coefficient (Wildman–Crippen LogP) is 1.76. The molecular weight excluding hydrogens is 247 g/mol. The van der Waals surface area contributed by atoms with Gasteiger partial charge >= 0.3 is 6.09 Å². The molecule has 1 amide bonds. The Morgan fingerprint density at radius 2 is 2.26 bits per heavy atom. The fourth-order valence-corrected chi connectivity index (χ4v) is 2.85. The molecular formula is C14H17FN2O2. The van der Waals surface area contributed by atoms with Crippen LogP contribution < -0.4 is 5.32 Å². The molecule has 1 aromatic rings. The molecule has 0 aromatic heterocycles. The van der Waals surface area contributed by atoms with Crippen LogP contribution >= 0.6 is 0 Å². The van der Waals surface area contributed by atoms with Crippen molar-refractivity contribution in [1.82, 2.24) is 10.2 Å². The van der Waals surface area contributed by atoms with Gasteiger partial charge in [0.2, 0.25) is 0 Å². The molecule has 5 heteroatoms. The van der Waals surface area contributed by atoms with Gasteiger partial charge in [0.15, 0.2) is 0 Å². The van der Waals surface area contributed by atoms with E-state index in [1.807, 2.05) is 0 Å². The van der Waals surface area contributed by atoms with Crippen LogP contribution in [0.5, 0.6) is 0 Å². The van der Waals surface area contributed by atoms with Gasteiger partial charge in [-0.1, -0.05) is 18.2 Å². The van der Waals surface area contributed by atoms with Crippen molar-refractivity contribution in [3.63, 3.8) is 0 Å². The maximum atomic E-state index is 13.7. The van der Waals surface area contributed by atoms with Crippen LogP contribution in [-0.2, 0) is 11.3 Å². The van der Waals surface area contributed by atoms with Gasteiger partial charge in [-0.15, -0.1) is 0 Å². The molecule has 2 heterocycles. The number of nitrogens with one attached hydrogen (secondary N) is 1. The largest absolute Gasteiger partial charge is 0.447 e. The van der Waals surface area contributed by atoms with Gasteiger partial charge in [-0.05, 0) is 24.9 Å². The molecule has 0 spiro atoms. The third-order valence-corrected chi connectivity index (χ3v) is 3.95. The molecule has 0 saturated carbocycles. The van der Waals surface area contributed by atoms with Gasteiger partial charge in [0, 0.05) is 12.1 Å². The number of carbonyl (C=O) groups excluding carboxylic acids is 1. The summed E-state index contributed by atoms with van der Waals surface area (Å²) in [6.07, 6.45) is 0.704. The average Bonchev–Trinajstić information content (AvgIpc) is 3.03. The minimum Gasteiger partial charge on any atom is -0.447 e. The summed E-state index contributed by atoms with van der Waals surface area (Å²) in [7, 11) is 0. The summed E-state index contributed by atoms with van der Waals surface area (Å²) in [5.41, 5.74) is 0.539. The number of hydrogen-bond donors (Lipinski definition) is 1. The van der Waals surface area contributed by atoms with Crippen LogP contribution in [0, 0.1) is 11.7 Å². The molecule has 2 atom stereocenters. The van der Waals surface area contributed by atoms with E-state index < -0.39 is 0 Å². The zero-order valence-corrected chi connectivity index (χ0v) is 10.6. The Kier molecular flexibility index (Phi) is 3.38. The smallest absolute Gasteiger partial charge is 0.410 e. The Hall–Kier alpha value is -1.62. The summed E-state index contributed by atoms with van der Waals surface area (Å²) in [5, 5.41) is 3.29. The third-order valence-electron chi connectivity index (χ3n) is 3.95. The molecule has 2 unspecified atom stereocenters. The van der Waals surface area contributed by atoms with Gasteiger partial charge in [0.1, 0.15) is 12.4 Å². The first kappa shape index (κ1) is 12.4. The molecule has 3 rings (SSSR count). The first-order valence-electron chi connectivity index (χ1n) is 6.63. The lowest BCUT2D eigenvalue weighted by Gasteiger charge is -2.26. The van der Waals surface area contributed by atoms with Crippen molar-refractivity contribution in [2.75, 3.05) is 19.7 Å². The van der Waals surface area contributed by atoms with Crippen molar-refractivity contribution in [1.29, 1.82) is 0 Å². The fraction of sp³-hybridized carbons (Fsp3) is 0.500. The Balaban J connectivity index is 1.77. The van der Waals surface area contributed by atoms with E-state index in [2.05, 4.69) is 5.32 Å². The molecule has 2 aliphatic rings. The monoisotopic (exact) mass is 264 g/mol. The van der Waals surface area contributed by atoms with E-state index in [-0.39, 0.29) is 24.5 Å². The Labute approximate surface area is 111 Å². The van der Waals surface area contributed by atoms with Crippen molar-refractivity contribution in [2.45, 2.75) is 19.0 Å². The number of nitrogens with zero attached hydrogens (tertiary/aromatic N) is 1. The standard InChI is InChI=1S/C14H17FN2O2/c15-12-4-2-1-3-11(12)8-17-13(9-19-14(17)18)10-5-6-16-7-10/h1-4,10,13,16H,5-9H2. The lowest BCUT2D eigenvalue weighted by atomic mass is 9.98. The number of rotatable bonds is 3. The normalized spacial score (nSPS) is 26.8. The quantitative estimate of drug-likeness (QED) is 0.904. The lowest BCUT2D eigenvalue weighted by molar-refractivity contribution is 0.154. The summed E-state index contributed by atoms with van der Waals surface area (Å²) in [4.78, 5) is 13.5. The van der Waals surface area contributed by atoms with Gasteiger partial charge in [-0.25, -0.2) is 9.18 Å². The summed E-state index contributed by atoms with van der Waals surface area (Å²) in [6.45, 7) is 2.57. The number of ether oxygens (including phenoxy) is 1. The number of cyclic esters (lactones) is 1. The first-order valence-corrected chi connectivity index (χ1v) is 6.63. The van der Waals surface area contributed by atoms with Crippen molar-refractivity contribution >= 4 is 6.09 Å². The molecule has 19 heavy (non-hydrogen) atoms. The Morgan fingerprint density at radius 1 is 1.42 bits per heavy atom. The second-order valence-electron chi connectivity index (χ2n) is 5.12. The SMILES string of the molecule is O=C1OCC(C2CCNC2)N1Cc1ccccc1F. The van der Waals surface area contributed by atoms with E-state index in [0.717, 1.165) is 19.5 Å². The molecule has 2 aliphatic heterocycles. The van der Waals surface area contributed by atoms with Crippen LogP contribution in [0.1, 0.15) is 12.0 Å². The topological polar surface area (TPSA) is 41.6 Å². The van der Waals surface area contributed by atoms with Gasteiger partial charge in [0.25, 0.3) is 0 Å². The second kappa shape index (κ2) is 5.17. The van der Waals surface area contributed by atoms with Crippen LogP contribution in [0.4, 0.5) is 9.18 Å². The van der Waals surface area contributed by atoms with Gasteiger partial charge in [-0.3, -0.25) is 4.90 Å². The maximum Gasteiger partial charge on any atom is 0.410 e. The van der Waals surface area contributed by atoms with Crippen LogP contribution in [0.15, 0.2) is 24.3 Å². The van der Waals surface area contributed by atoms with Crippen LogP contribution in [-0.4, -0.2) is 36.7 Å². The van der Waals surface area contributed by atoms with Gasteiger partial charge in [0.05, 0.1) is 12.6 Å². The van der Waals surface area contributed by atoms with Crippen LogP contribution in [0.2, 0.25) is 0 Å². The predicted molar refractivity (Wildman–Crippen MR) is 68.1 cm³/mol. The number of halogens is 1. The maximum absolute atomic E-state index is 13.7. The van der Waals surface area contributed by atoms with E-state index in [4.69, 9.17) is 4.74 Å². The zero-order valence-electron chi connectivity index (χ0n) is 10.6.